The summed E-state index contributed by atoms with van der Waals surface area (Å²) in [5.41, 5.74) is 6.89. The Hall–Kier alpha value is -3.56. The molecular weight excluding hydrogens is 504 g/mol. The van der Waals surface area contributed by atoms with Gasteiger partial charge in [-0.25, -0.2) is 0 Å². The van der Waals surface area contributed by atoms with Crippen molar-refractivity contribution in [3.63, 3.8) is 0 Å². The number of rotatable bonds is 8. The predicted molar refractivity (Wildman–Crippen MR) is 144 cm³/mol. The molecule has 3 aromatic rings. The van der Waals surface area contributed by atoms with Crippen LogP contribution in [-0.4, -0.2) is 12.5 Å². The molecular formula is C29H29BrN2O3. The molecule has 3 rings (SSSR count). The number of nitrogens with zero attached hydrogens (tertiary/aromatic N) is 1. The molecule has 0 fully saturated rings. The second-order valence-corrected chi connectivity index (χ2v) is 9.32. The lowest BCUT2D eigenvalue weighted by atomic mass is 10.1. The number of nitriles is 1. The molecule has 0 aliphatic heterocycles. The van der Waals surface area contributed by atoms with Gasteiger partial charge in [-0.3, -0.25) is 4.79 Å². The maximum absolute atomic E-state index is 12.8. The van der Waals surface area contributed by atoms with E-state index >= 15 is 0 Å². The summed E-state index contributed by atoms with van der Waals surface area (Å²) in [6.07, 6.45) is 1.54. The summed E-state index contributed by atoms with van der Waals surface area (Å²) in [6.45, 7) is 10.8. The SMILES string of the molecule is CCOc1cc(/C=C(\C#N)C(=O)Nc2ccc(C)c(C)c2)cc(Br)c1OCc1cc(C)cc(C)c1. The van der Waals surface area contributed by atoms with Gasteiger partial charge in [-0.15, -0.1) is 0 Å². The summed E-state index contributed by atoms with van der Waals surface area (Å²) >= 11 is 3.57. The fourth-order valence-corrected chi connectivity index (χ4v) is 4.29. The number of nitrogens with one attached hydrogen (secondary N) is 1. The Morgan fingerprint density at radius 2 is 1.71 bits per heavy atom. The van der Waals surface area contributed by atoms with Gasteiger partial charge in [-0.05, 0) is 103 Å². The second-order valence-electron chi connectivity index (χ2n) is 8.47. The first-order valence-corrected chi connectivity index (χ1v) is 12.2. The molecule has 0 bridgehead atoms. The van der Waals surface area contributed by atoms with E-state index in [0.29, 0.717) is 40.4 Å². The molecule has 5 nitrogen and oxygen atoms in total. The maximum Gasteiger partial charge on any atom is 0.266 e. The Balaban J connectivity index is 1.85. The smallest absolute Gasteiger partial charge is 0.266 e. The second kappa shape index (κ2) is 11.7. The van der Waals surface area contributed by atoms with E-state index in [1.54, 1.807) is 12.1 Å². The number of hydrogen-bond acceptors (Lipinski definition) is 4. The van der Waals surface area contributed by atoms with Gasteiger partial charge >= 0.3 is 0 Å². The van der Waals surface area contributed by atoms with Gasteiger partial charge in [0, 0.05) is 5.69 Å². The van der Waals surface area contributed by atoms with Crippen LogP contribution in [0, 0.1) is 39.0 Å². The maximum atomic E-state index is 12.8. The summed E-state index contributed by atoms with van der Waals surface area (Å²) in [4.78, 5) is 12.8. The number of benzene rings is 3. The van der Waals surface area contributed by atoms with Gasteiger partial charge in [0.15, 0.2) is 11.5 Å². The molecule has 35 heavy (non-hydrogen) atoms. The first kappa shape index (κ1) is 26.1. The minimum absolute atomic E-state index is 0.0125. The lowest BCUT2D eigenvalue weighted by Crippen LogP contribution is -2.13. The molecule has 1 amide bonds. The van der Waals surface area contributed by atoms with Crippen molar-refractivity contribution in [1.82, 2.24) is 0 Å². The predicted octanol–water partition coefficient (Wildman–Crippen LogP) is 7.21. The minimum atomic E-state index is -0.472. The molecule has 0 radical (unpaired) electrons. The van der Waals surface area contributed by atoms with Gasteiger partial charge in [-0.2, -0.15) is 5.26 Å². The highest BCUT2D eigenvalue weighted by Crippen LogP contribution is 2.38. The molecule has 1 N–H and O–H groups in total. The van der Waals surface area contributed by atoms with Crippen molar-refractivity contribution in [2.75, 3.05) is 11.9 Å². The van der Waals surface area contributed by atoms with Crippen LogP contribution in [0.2, 0.25) is 0 Å². The molecule has 0 saturated heterocycles. The van der Waals surface area contributed by atoms with Gasteiger partial charge in [-0.1, -0.05) is 35.4 Å². The highest BCUT2D eigenvalue weighted by atomic mass is 79.9. The standard InChI is InChI=1S/C29H29BrN2O3/c1-6-34-27-15-22(13-24(16-31)29(33)32-25-8-7-20(4)21(5)12-25)14-26(30)28(27)35-17-23-10-18(2)9-19(3)11-23/h7-15H,6,17H2,1-5H3,(H,32,33)/b24-13+. The Morgan fingerprint density at radius 3 is 2.34 bits per heavy atom. The average molecular weight is 533 g/mol. The van der Waals surface area contributed by atoms with E-state index in [-0.39, 0.29) is 5.57 Å². The Kier molecular flexibility index (Phi) is 8.73. The van der Waals surface area contributed by atoms with Crippen LogP contribution in [-0.2, 0) is 11.4 Å². The van der Waals surface area contributed by atoms with E-state index in [2.05, 4.69) is 53.3 Å². The monoisotopic (exact) mass is 532 g/mol. The molecule has 0 aliphatic rings. The molecule has 0 aliphatic carbocycles. The third kappa shape index (κ3) is 6.97. The van der Waals surface area contributed by atoms with Gasteiger partial charge in [0.25, 0.3) is 5.91 Å². The van der Waals surface area contributed by atoms with Gasteiger partial charge in [0.1, 0.15) is 18.2 Å². The van der Waals surface area contributed by atoms with Crippen molar-refractivity contribution in [2.45, 2.75) is 41.2 Å². The number of hydrogen-bond donors (Lipinski definition) is 1. The van der Waals surface area contributed by atoms with Crippen molar-refractivity contribution in [2.24, 2.45) is 0 Å². The minimum Gasteiger partial charge on any atom is -0.490 e. The fourth-order valence-electron chi connectivity index (χ4n) is 3.71. The fraction of sp³-hybridized carbons (Fsp3) is 0.241. The normalized spacial score (nSPS) is 11.1. The van der Waals surface area contributed by atoms with E-state index in [0.717, 1.165) is 16.7 Å². The third-order valence-electron chi connectivity index (χ3n) is 5.44. The Bertz CT molecular complexity index is 1300. The molecule has 6 heteroatoms. The molecule has 3 aromatic carbocycles. The van der Waals surface area contributed by atoms with Crippen molar-refractivity contribution < 1.29 is 14.3 Å². The summed E-state index contributed by atoms with van der Waals surface area (Å²) in [5.74, 6) is 0.630. The van der Waals surface area contributed by atoms with Crippen LogP contribution in [0.5, 0.6) is 11.5 Å². The van der Waals surface area contributed by atoms with E-state index in [1.807, 2.05) is 45.0 Å². The molecule has 0 atom stereocenters. The summed E-state index contributed by atoms with van der Waals surface area (Å²) in [7, 11) is 0. The van der Waals surface area contributed by atoms with Crippen LogP contribution in [0.4, 0.5) is 5.69 Å². The zero-order valence-corrected chi connectivity index (χ0v) is 22.2. The van der Waals surface area contributed by atoms with Crippen LogP contribution < -0.4 is 14.8 Å². The quantitative estimate of drug-likeness (QED) is 0.245. The highest BCUT2D eigenvalue weighted by Gasteiger charge is 2.15. The topological polar surface area (TPSA) is 71.3 Å². The third-order valence-corrected chi connectivity index (χ3v) is 6.03. The average Bonchev–Trinajstić information content (AvgIpc) is 2.79. The zero-order valence-electron chi connectivity index (χ0n) is 20.7. The van der Waals surface area contributed by atoms with Gasteiger partial charge < -0.3 is 14.8 Å². The largest absolute Gasteiger partial charge is 0.490 e. The van der Waals surface area contributed by atoms with Crippen LogP contribution in [0.1, 0.15) is 40.3 Å². The van der Waals surface area contributed by atoms with Crippen molar-refractivity contribution in [3.8, 4) is 17.6 Å². The van der Waals surface area contributed by atoms with E-state index < -0.39 is 5.91 Å². The molecule has 0 spiro atoms. The van der Waals surface area contributed by atoms with Gasteiger partial charge in [0.2, 0.25) is 0 Å². The number of ether oxygens (including phenoxy) is 2. The van der Waals surface area contributed by atoms with Crippen molar-refractivity contribution >= 4 is 33.6 Å². The summed E-state index contributed by atoms with van der Waals surface area (Å²) in [6, 6.07) is 17.5. The Morgan fingerprint density at radius 1 is 1.00 bits per heavy atom. The molecule has 0 heterocycles. The Labute approximate surface area is 215 Å². The number of carbonyl (C=O) groups is 1. The van der Waals surface area contributed by atoms with Crippen LogP contribution in [0.15, 0.2) is 58.6 Å². The van der Waals surface area contributed by atoms with Crippen molar-refractivity contribution in [3.05, 3.63) is 92.0 Å². The number of amides is 1. The summed E-state index contributed by atoms with van der Waals surface area (Å²) < 4.78 is 12.6. The van der Waals surface area contributed by atoms with E-state index in [1.165, 1.54) is 17.2 Å². The molecule has 0 aromatic heterocycles. The summed E-state index contributed by atoms with van der Waals surface area (Å²) in [5, 5.41) is 12.4. The van der Waals surface area contributed by atoms with Crippen LogP contribution >= 0.6 is 15.9 Å². The van der Waals surface area contributed by atoms with E-state index in [4.69, 9.17) is 9.47 Å². The van der Waals surface area contributed by atoms with Crippen LogP contribution in [0.25, 0.3) is 6.08 Å². The number of aryl methyl sites for hydroxylation is 4. The first-order valence-electron chi connectivity index (χ1n) is 11.4. The number of halogens is 1. The zero-order chi connectivity index (χ0) is 25.5. The first-order chi connectivity index (χ1) is 16.7. The van der Waals surface area contributed by atoms with Crippen molar-refractivity contribution in [1.29, 1.82) is 5.26 Å². The molecule has 0 saturated carbocycles. The molecule has 0 unspecified atom stereocenters. The molecule has 180 valence electrons. The van der Waals surface area contributed by atoms with Gasteiger partial charge in [0.05, 0.1) is 11.1 Å². The highest BCUT2D eigenvalue weighted by molar-refractivity contribution is 9.10. The number of carbonyl (C=O) groups excluding carboxylic acids is 1. The lowest BCUT2D eigenvalue weighted by molar-refractivity contribution is -0.112. The lowest BCUT2D eigenvalue weighted by Gasteiger charge is -2.15. The number of anilines is 1. The van der Waals surface area contributed by atoms with E-state index in [9.17, 15) is 10.1 Å². The van der Waals surface area contributed by atoms with Crippen LogP contribution in [0.3, 0.4) is 0 Å².